The number of benzene rings is 1. The van der Waals surface area contributed by atoms with Gasteiger partial charge in [-0.2, -0.15) is 0 Å². The molecule has 7 nitrogen and oxygen atoms in total. The Morgan fingerprint density at radius 1 is 1.38 bits per heavy atom. The molecule has 1 amide bonds. The van der Waals surface area contributed by atoms with E-state index in [4.69, 9.17) is 5.73 Å². The minimum absolute atomic E-state index is 0.0482. The number of carbonyl (C=O) groups excluding carboxylic acids is 1. The van der Waals surface area contributed by atoms with Gasteiger partial charge in [0, 0.05) is 5.69 Å². The lowest BCUT2D eigenvalue weighted by molar-refractivity contribution is -0.385. The van der Waals surface area contributed by atoms with E-state index >= 15 is 0 Å². The third-order valence-corrected chi connectivity index (χ3v) is 2.97. The zero-order valence-electron chi connectivity index (χ0n) is 11.4. The first-order valence-electron chi connectivity index (χ1n) is 6.31. The van der Waals surface area contributed by atoms with E-state index in [0.29, 0.717) is 5.69 Å². The summed E-state index contributed by atoms with van der Waals surface area (Å²) in [5.41, 5.74) is 6.67. The van der Waals surface area contributed by atoms with Crippen molar-refractivity contribution in [1.82, 2.24) is 4.98 Å². The lowest BCUT2D eigenvalue weighted by atomic mass is 10.1. The van der Waals surface area contributed by atoms with Gasteiger partial charge in [-0.1, -0.05) is 19.1 Å². The maximum Gasteiger partial charge on any atom is 0.300 e. The Morgan fingerprint density at radius 3 is 2.62 bits per heavy atom. The predicted octanol–water partition coefficient (Wildman–Crippen LogP) is 2.39. The summed E-state index contributed by atoms with van der Waals surface area (Å²) in [4.78, 5) is 26.0. The van der Waals surface area contributed by atoms with E-state index in [-0.39, 0.29) is 17.1 Å². The number of hydrogen-bond acceptors (Lipinski definition) is 5. The molecule has 0 fully saturated rings. The van der Waals surface area contributed by atoms with Crippen LogP contribution in [0.15, 0.2) is 36.5 Å². The Balaban J connectivity index is 2.27. The Bertz CT molecular complexity index is 683. The van der Waals surface area contributed by atoms with Crippen molar-refractivity contribution in [3.05, 3.63) is 57.8 Å². The highest BCUT2D eigenvalue weighted by molar-refractivity contribution is 6.07. The van der Waals surface area contributed by atoms with Crippen LogP contribution in [0.3, 0.4) is 0 Å². The number of nitrogen functional groups attached to an aromatic ring is 1. The normalized spacial score (nSPS) is 10.1. The molecule has 2 rings (SSSR count). The zero-order valence-corrected chi connectivity index (χ0v) is 11.4. The number of aryl methyl sites for hydroxylation is 1. The molecule has 0 aliphatic carbocycles. The molecule has 0 saturated heterocycles. The summed E-state index contributed by atoms with van der Waals surface area (Å²) in [6.45, 7) is 2.02. The molecule has 0 unspecified atom stereocenters. The van der Waals surface area contributed by atoms with Crippen LogP contribution in [0.1, 0.15) is 22.8 Å². The maximum atomic E-state index is 12.1. The van der Waals surface area contributed by atoms with Crippen molar-refractivity contribution < 1.29 is 9.72 Å². The van der Waals surface area contributed by atoms with Gasteiger partial charge in [-0.25, -0.2) is 4.98 Å². The summed E-state index contributed by atoms with van der Waals surface area (Å²) in [6, 6.07) is 8.43. The number of nitrogens with two attached hydrogens (primary N) is 1. The number of aromatic nitrogens is 1. The van der Waals surface area contributed by atoms with E-state index in [0.717, 1.165) is 18.2 Å². The maximum absolute atomic E-state index is 12.1. The summed E-state index contributed by atoms with van der Waals surface area (Å²) in [7, 11) is 0. The molecule has 108 valence electrons. The van der Waals surface area contributed by atoms with E-state index in [1.807, 2.05) is 19.1 Å². The molecule has 3 N–H and O–H groups in total. The van der Waals surface area contributed by atoms with E-state index in [2.05, 4.69) is 10.3 Å². The topological polar surface area (TPSA) is 111 Å². The van der Waals surface area contributed by atoms with Gasteiger partial charge in [0.15, 0.2) is 0 Å². The SMILES string of the molecule is CCc1ccc(NC(=O)c2cc(N)ncc2[N+](=O)[O-])cc1. The summed E-state index contributed by atoms with van der Waals surface area (Å²) < 4.78 is 0. The second-order valence-electron chi connectivity index (χ2n) is 4.39. The molecule has 1 heterocycles. The summed E-state index contributed by atoms with van der Waals surface area (Å²) in [5, 5.41) is 13.5. The van der Waals surface area contributed by atoms with Crippen LogP contribution in [0.2, 0.25) is 0 Å². The van der Waals surface area contributed by atoms with Crippen LogP contribution in [-0.2, 0) is 6.42 Å². The van der Waals surface area contributed by atoms with E-state index in [9.17, 15) is 14.9 Å². The molecule has 1 aromatic heterocycles. The molecule has 0 aliphatic rings. The van der Waals surface area contributed by atoms with Gasteiger partial charge in [-0.15, -0.1) is 0 Å². The fraction of sp³-hybridized carbons (Fsp3) is 0.143. The van der Waals surface area contributed by atoms with Gasteiger partial charge >= 0.3 is 0 Å². The van der Waals surface area contributed by atoms with Gasteiger partial charge in [0.25, 0.3) is 11.6 Å². The van der Waals surface area contributed by atoms with Crippen molar-refractivity contribution in [3.63, 3.8) is 0 Å². The molecule has 2 aromatic rings. The fourth-order valence-electron chi connectivity index (χ4n) is 1.81. The molecular weight excluding hydrogens is 272 g/mol. The summed E-state index contributed by atoms with van der Waals surface area (Å²) in [5.74, 6) is -0.549. The monoisotopic (exact) mass is 286 g/mol. The lowest BCUT2D eigenvalue weighted by Gasteiger charge is -2.07. The third kappa shape index (κ3) is 3.33. The number of rotatable bonds is 4. The fourth-order valence-corrected chi connectivity index (χ4v) is 1.81. The molecule has 1 aromatic carbocycles. The van der Waals surface area contributed by atoms with Gasteiger partial charge in [-0.05, 0) is 30.2 Å². The quantitative estimate of drug-likeness (QED) is 0.662. The number of nitrogens with zero attached hydrogens (tertiary/aromatic N) is 2. The van der Waals surface area contributed by atoms with Crippen molar-refractivity contribution in [2.24, 2.45) is 0 Å². The number of nitrogens with one attached hydrogen (secondary N) is 1. The van der Waals surface area contributed by atoms with Crippen molar-refractivity contribution in [2.45, 2.75) is 13.3 Å². The van der Waals surface area contributed by atoms with Gasteiger partial charge in [0.2, 0.25) is 0 Å². The van der Waals surface area contributed by atoms with Crippen molar-refractivity contribution in [1.29, 1.82) is 0 Å². The average molecular weight is 286 g/mol. The van der Waals surface area contributed by atoms with Crippen LogP contribution in [0.25, 0.3) is 0 Å². The molecule has 0 atom stereocenters. The van der Waals surface area contributed by atoms with Crippen molar-refractivity contribution in [2.75, 3.05) is 11.1 Å². The number of hydrogen-bond donors (Lipinski definition) is 2. The number of anilines is 2. The van der Waals surface area contributed by atoms with Crippen molar-refractivity contribution >= 4 is 23.1 Å². The van der Waals surface area contributed by atoms with Gasteiger partial charge in [-0.3, -0.25) is 14.9 Å². The lowest BCUT2D eigenvalue weighted by Crippen LogP contribution is -2.15. The minimum atomic E-state index is -0.665. The molecule has 7 heteroatoms. The molecule has 0 radical (unpaired) electrons. The van der Waals surface area contributed by atoms with Gasteiger partial charge in [0.05, 0.1) is 4.92 Å². The standard InChI is InChI=1S/C14H14N4O3/c1-2-9-3-5-10(6-4-9)17-14(19)11-7-13(15)16-8-12(11)18(20)21/h3-8H,2H2,1H3,(H2,15,16)(H,17,19). The van der Waals surface area contributed by atoms with Crippen LogP contribution in [0.5, 0.6) is 0 Å². The molecule has 0 spiro atoms. The third-order valence-electron chi connectivity index (χ3n) is 2.97. The highest BCUT2D eigenvalue weighted by atomic mass is 16.6. The van der Waals surface area contributed by atoms with Gasteiger partial charge < -0.3 is 11.1 Å². The number of amides is 1. The molecule has 0 aliphatic heterocycles. The van der Waals surface area contributed by atoms with Crippen molar-refractivity contribution in [3.8, 4) is 0 Å². The first-order chi connectivity index (χ1) is 10.0. The summed E-state index contributed by atoms with van der Waals surface area (Å²) in [6.07, 6.45) is 1.87. The Morgan fingerprint density at radius 2 is 2.05 bits per heavy atom. The summed E-state index contributed by atoms with van der Waals surface area (Å²) >= 11 is 0. The Hall–Kier alpha value is -2.96. The van der Waals surface area contributed by atoms with E-state index in [1.165, 1.54) is 6.07 Å². The van der Waals surface area contributed by atoms with Crippen LogP contribution in [0, 0.1) is 10.1 Å². The smallest absolute Gasteiger partial charge is 0.300 e. The molecule has 0 bridgehead atoms. The first kappa shape index (κ1) is 14.4. The molecule has 0 saturated carbocycles. The van der Waals surface area contributed by atoms with Crippen LogP contribution in [0.4, 0.5) is 17.2 Å². The minimum Gasteiger partial charge on any atom is -0.384 e. The highest BCUT2D eigenvalue weighted by Gasteiger charge is 2.21. The average Bonchev–Trinajstić information content (AvgIpc) is 2.47. The predicted molar refractivity (Wildman–Crippen MR) is 79.1 cm³/mol. The van der Waals surface area contributed by atoms with Crippen LogP contribution < -0.4 is 11.1 Å². The highest BCUT2D eigenvalue weighted by Crippen LogP contribution is 2.20. The number of pyridine rings is 1. The van der Waals surface area contributed by atoms with Crippen LogP contribution >= 0.6 is 0 Å². The van der Waals surface area contributed by atoms with E-state index < -0.39 is 10.8 Å². The first-order valence-corrected chi connectivity index (χ1v) is 6.31. The Labute approximate surface area is 121 Å². The van der Waals surface area contributed by atoms with Gasteiger partial charge in [0.1, 0.15) is 17.6 Å². The largest absolute Gasteiger partial charge is 0.384 e. The second kappa shape index (κ2) is 6.00. The van der Waals surface area contributed by atoms with E-state index in [1.54, 1.807) is 12.1 Å². The number of nitro groups is 1. The number of carbonyl (C=O) groups is 1. The molecule has 21 heavy (non-hydrogen) atoms. The second-order valence-corrected chi connectivity index (χ2v) is 4.39. The zero-order chi connectivity index (χ0) is 15.4. The Kier molecular flexibility index (Phi) is 4.13. The molecular formula is C14H14N4O3. The van der Waals surface area contributed by atoms with Crippen LogP contribution in [-0.4, -0.2) is 15.8 Å².